The Kier molecular flexibility index (Phi) is 5.78. The van der Waals surface area contributed by atoms with Crippen LogP contribution in [-0.4, -0.2) is 53.9 Å². The van der Waals surface area contributed by atoms with Crippen molar-refractivity contribution in [3.05, 3.63) is 36.7 Å². The Hall–Kier alpha value is -3.56. The number of fused-ring (bicyclic) bond motifs is 1. The van der Waals surface area contributed by atoms with Crippen LogP contribution >= 0.6 is 0 Å². The van der Waals surface area contributed by atoms with Gasteiger partial charge >= 0.3 is 0 Å². The van der Waals surface area contributed by atoms with Gasteiger partial charge in [0.05, 0.1) is 19.7 Å². The van der Waals surface area contributed by atoms with Gasteiger partial charge < -0.3 is 14.0 Å². The fourth-order valence-corrected chi connectivity index (χ4v) is 2.73. The third-order valence-corrected chi connectivity index (χ3v) is 4.21. The monoisotopic (exact) mass is 382 g/mol. The van der Waals surface area contributed by atoms with Crippen LogP contribution in [0.25, 0.3) is 22.4 Å². The van der Waals surface area contributed by atoms with Crippen LogP contribution in [0.4, 0.5) is 0 Å². The van der Waals surface area contributed by atoms with Crippen LogP contribution in [0.2, 0.25) is 0 Å². The number of ether oxygens (including phenoxy) is 2. The molecule has 0 spiro atoms. The second kappa shape index (κ2) is 8.42. The van der Waals surface area contributed by atoms with Gasteiger partial charge in [0.15, 0.2) is 11.5 Å². The first-order valence-electron chi connectivity index (χ1n) is 8.64. The first-order valence-corrected chi connectivity index (χ1v) is 8.64. The normalized spacial score (nSPS) is 10.5. The van der Waals surface area contributed by atoms with Crippen molar-refractivity contribution in [2.24, 2.45) is 14.1 Å². The molecule has 0 bridgehead atoms. The van der Waals surface area contributed by atoms with Gasteiger partial charge in [-0.1, -0.05) is 6.92 Å². The van der Waals surface area contributed by atoms with E-state index in [1.54, 1.807) is 32.0 Å². The van der Waals surface area contributed by atoms with E-state index >= 15 is 0 Å². The fraction of sp³-hybridized carbons (Fsp3) is 0.333. The second-order valence-corrected chi connectivity index (χ2v) is 5.88. The van der Waals surface area contributed by atoms with Gasteiger partial charge in [-0.2, -0.15) is 0 Å². The van der Waals surface area contributed by atoms with Crippen LogP contribution in [0, 0.1) is 0 Å². The van der Waals surface area contributed by atoms with E-state index in [1.165, 1.54) is 6.33 Å². The van der Waals surface area contributed by atoms with Gasteiger partial charge in [-0.25, -0.2) is 19.6 Å². The minimum Gasteiger partial charge on any atom is -0.493 e. The van der Waals surface area contributed by atoms with Gasteiger partial charge in [0.25, 0.3) is 0 Å². The minimum atomic E-state index is 0.560. The molecule has 0 fully saturated rings. The summed E-state index contributed by atoms with van der Waals surface area (Å²) >= 11 is 0. The highest BCUT2D eigenvalue weighted by Gasteiger charge is 2.15. The fourth-order valence-electron chi connectivity index (χ4n) is 2.73. The van der Waals surface area contributed by atoms with E-state index in [2.05, 4.69) is 37.4 Å². The summed E-state index contributed by atoms with van der Waals surface area (Å²) in [6.07, 6.45) is 6.26. The second-order valence-electron chi connectivity index (χ2n) is 5.88. The maximum absolute atomic E-state index is 5.31. The number of nitrogens with zero attached hydrogens (tertiary/aromatic N) is 8. The van der Waals surface area contributed by atoms with Crippen molar-refractivity contribution in [1.82, 2.24) is 39.7 Å². The standard InChI is InChI=1S/C12H12N6O2.C6H10N2/c1-18-12(15-16-17-18)11-7-4-9(19-2)10(20-3)5-8(7)13-6-14-11;1-3-6-7-4-5-8(6)2/h4-6H,1-3H3;4-5H,3H2,1-2H3. The summed E-state index contributed by atoms with van der Waals surface area (Å²) in [6, 6.07) is 3.61. The van der Waals surface area contributed by atoms with E-state index in [-0.39, 0.29) is 0 Å². The molecule has 10 heteroatoms. The Bertz CT molecular complexity index is 1070. The highest BCUT2D eigenvalue weighted by molar-refractivity contribution is 5.92. The lowest BCUT2D eigenvalue weighted by molar-refractivity contribution is 0.356. The zero-order valence-corrected chi connectivity index (χ0v) is 16.5. The van der Waals surface area contributed by atoms with E-state index in [0.29, 0.717) is 23.0 Å². The van der Waals surface area contributed by atoms with Gasteiger partial charge in [0.2, 0.25) is 5.82 Å². The van der Waals surface area contributed by atoms with Crippen molar-refractivity contribution in [2.75, 3.05) is 14.2 Å². The Morgan fingerprint density at radius 2 is 1.75 bits per heavy atom. The number of aromatic nitrogens is 8. The molecule has 0 aliphatic heterocycles. The van der Waals surface area contributed by atoms with Gasteiger partial charge in [-0.15, -0.1) is 5.10 Å². The molecule has 0 aliphatic carbocycles. The Labute approximate surface area is 162 Å². The minimum absolute atomic E-state index is 0.560. The summed E-state index contributed by atoms with van der Waals surface area (Å²) < 4.78 is 14.2. The molecule has 28 heavy (non-hydrogen) atoms. The molecule has 3 heterocycles. The smallest absolute Gasteiger partial charge is 0.201 e. The van der Waals surface area contributed by atoms with Crippen LogP contribution in [0.15, 0.2) is 30.9 Å². The number of hydrogen-bond donors (Lipinski definition) is 0. The van der Waals surface area contributed by atoms with Crippen LogP contribution in [0.1, 0.15) is 12.7 Å². The van der Waals surface area contributed by atoms with Crippen LogP contribution in [-0.2, 0) is 20.5 Å². The maximum Gasteiger partial charge on any atom is 0.201 e. The quantitative estimate of drug-likeness (QED) is 0.526. The SMILES string of the molecule is CCc1nccn1C.COc1cc2ncnc(-c3nnnn3C)c2cc1OC. The Morgan fingerprint density at radius 3 is 2.29 bits per heavy atom. The number of tetrazole rings is 1. The largest absolute Gasteiger partial charge is 0.493 e. The molecule has 0 aliphatic rings. The first-order chi connectivity index (χ1) is 13.6. The molecule has 0 saturated heterocycles. The number of benzene rings is 1. The summed E-state index contributed by atoms with van der Waals surface area (Å²) in [5.41, 5.74) is 1.37. The van der Waals surface area contributed by atoms with Gasteiger partial charge in [0.1, 0.15) is 17.8 Å². The summed E-state index contributed by atoms with van der Waals surface area (Å²) in [7, 11) is 6.92. The Morgan fingerprint density at radius 1 is 1.00 bits per heavy atom. The third-order valence-electron chi connectivity index (χ3n) is 4.21. The number of methoxy groups -OCH3 is 2. The van der Waals surface area contributed by atoms with Crippen molar-refractivity contribution < 1.29 is 9.47 Å². The molecule has 4 rings (SSSR count). The summed E-state index contributed by atoms with van der Waals surface area (Å²) in [4.78, 5) is 12.6. The van der Waals surface area contributed by atoms with Crippen LogP contribution in [0.3, 0.4) is 0 Å². The molecule has 4 aromatic rings. The number of aryl methyl sites for hydroxylation is 3. The highest BCUT2D eigenvalue weighted by atomic mass is 16.5. The van der Waals surface area contributed by atoms with E-state index in [4.69, 9.17) is 9.47 Å². The summed E-state index contributed by atoms with van der Waals surface area (Å²) in [5.74, 6) is 2.92. The van der Waals surface area contributed by atoms with Crippen molar-refractivity contribution in [1.29, 1.82) is 0 Å². The molecular formula is C18H22N8O2. The average molecular weight is 382 g/mol. The van der Waals surface area contributed by atoms with Crippen molar-refractivity contribution in [3.63, 3.8) is 0 Å². The molecular weight excluding hydrogens is 360 g/mol. The molecule has 3 aromatic heterocycles. The molecule has 0 amide bonds. The number of rotatable bonds is 4. The zero-order chi connectivity index (χ0) is 20.1. The van der Waals surface area contributed by atoms with Gasteiger partial charge in [0, 0.05) is 44.4 Å². The van der Waals surface area contributed by atoms with Crippen LogP contribution in [0.5, 0.6) is 11.5 Å². The van der Waals surface area contributed by atoms with E-state index in [9.17, 15) is 0 Å². The molecule has 146 valence electrons. The van der Waals surface area contributed by atoms with E-state index in [0.717, 1.165) is 23.1 Å². The van der Waals surface area contributed by atoms with Gasteiger partial charge in [-0.05, 0) is 16.5 Å². The molecule has 0 radical (unpaired) electrons. The predicted octanol–water partition coefficient (Wildman–Crippen LogP) is 1.82. The topological polar surface area (TPSA) is 106 Å². The molecule has 10 nitrogen and oxygen atoms in total. The highest BCUT2D eigenvalue weighted by Crippen LogP contribution is 2.34. The van der Waals surface area contributed by atoms with E-state index < -0.39 is 0 Å². The van der Waals surface area contributed by atoms with Crippen molar-refractivity contribution >= 4 is 10.9 Å². The molecule has 0 atom stereocenters. The van der Waals surface area contributed by atoms with Crippen molar-refractivity contribution in [3.8, 4) is 23.0 Å². The number of hydrogen-bond acceptors (Lipinski definition) is 8. The third kappa shape index (κ3) is 3.75. The Balaban J connectivity index is 0.000000236. The zero-order valence-electron chi connectivity index (χ0n) is 16.5. The molecule has 0 N–H and O–H groups in total. The lowest BCUT2D eigenvalue weighted by Gasteiger charge is -2.10. The lowest BCUT2D eigenvalue weighted by Crippen LogP contribution is -1.99. The number of imidazole rings is 1. The predicted molar refractivity (Wildman–Crippen MR) is 103 cm³/mol. The molecule has 0 saturated carbocycles. The van der Waals surface area contributed by atoms with Gasteiger partial charge in [-0.3, -0.25) is 0 Å². The summed E-state index contributed by atoms with van der Waals surface area (Å²) in [5, 5.41) is 12.2. The van der Waals surface area contributed by atoms with E-state index in [1.807, 2.05) is 30.1 Å². The maximum atomic E-state index is 5.31. The molecule has 1 aromatic carbocycles. The van der Waals surface area contributed by atoms with Crippen LogP contribution < -0.4 is 9.47 Å². The molecule has 0 unspecified atom stereocenters. The average Bonchev–Trinajstić information content (AvgIpc) is 3.34. The summed E-state index contributed by atoms with van der Waals surface area (Å²) in [6.45, 7) is 2.10. The first kappa shape index (κ1) is 19.2. The van der Waals surface area contributed by atoms with Crippen molar-refractivity contribution in [2.45, 2.75) is 13.3 Å². The lowest BCUT2D eigenvalue weighted by atomic mass is 10.1.